The van der Waals surface area contributed by atoms with Crippen LogP contribution in [0, 0.1) is 5.92 Å². The first-order chi connectivity index (χ1) is 9.33. The lowest BCUT2D eigenvalue weighted by atomic mass is 10.2. The maximum Gasteiger partial charge on any atom is 0.242 e. The van der Waals surface area contributed by atoms with E-state index < -0.39 is 10.0 Å². The molecule has 1 fully saturated rings. The lowest BCUT2D eigenvalue weighted by Gasteiger charge is -2.16. The Labute approximate surface area is 129 Å². The normalized spacial score (nSPS) is 17.2. The second-order valence-corrected chi connectivity index (χ2v) is 7.78. The van der Waals surface area contributed by atoms with E-state index in [1.807, 2.05) is 6.92 Å². The van der Waals surface area contributed by atoms with Crippen molar-refractivity contribution >= 4 is 33.2 Å². The van der Waals surface area contributed by atoms with E-state index in [9.17, 15) is 8.42 Å². The highest BCUT2D eigenvalue weighted by molar-refractivity contribution is 7.89. The minimum atomic E-state index is -3.69. The third kappa shape index (κ3) is 3.86. The van der Waals surface area contributed by atoms with Gasteiger partial charge in [0.05, 0.1) is 5.02 Å². The fourth-order valence-corrected chi connectivity index (χ4v) is 4.39. The Morgan fingerprint density at radius 1 is 1.40 bits per heavy atom. The molecule has 1 unspecified atom stereocenters. The predicted molar refractivity (Wildman–Crippen MR) is 81.5 cm³/mol. The van der Waals surface area contributed by atoms with Crippen molar-refractivity contribution in [3.05, 3.63) is 27.7 Å². The third-order valence-corrected chi connectivity index (χ3v) is 5.72. The van der Waals surface area contributed by atoms with E-state index in [1.165, 1.54) is 18.9 Å². The minimum absolute atomic E-state index is 0.00485. The van der Waals surface area contributed by atoms with Gasteiger partial charge in [0.25, 0.3) is 0 Å². The molecule has 20 heavy (non-hydrogen) atoms. The van der Waals surface area contributed by atoms with Crippen molar-refractivity contribution < 1.29 is 8.42 Å². The first-order valence-corrected chi connectivity index (χ1v) is 8.77. The summed E-state index contributed by atoms with van der Waals surface area (Å²) in [5, 5.41) is 0.452. The second kappa shape index (κ2) is 6.20. The van der Waals surface area contributed by atoms with Crippen LogP contribution in [0.3, 0.4) is 0 Å². The Kier molecular flexibility index (Phi) is 4.97. The molecular formula is C13H18Cl2N2O2S. The fraction of sp³-hybridized carbons (Fsp3) is 0.538. The summed E-state index contributed by atoms with van der Waals surface area (Å²) < 4.78 is 27.4. The molecule has 4 nitrogen and oxygen atoms in total. The molecule has 3 N–H and O–H groups in total. The number of benzene rings is 1. The first-order valence-electron chi connectivity index (χ1n) is 6.54. The molecule has 0 amide bonds. The Hall–Kier alpha value is -0.330. The molecule has 0 spiro atoms. The van der Waals surface area contributed by atoms with Crippen LogP contribution in [-0.4, -0.2) is 14.5 Å². The predicted octanol–water partition coefficient (Wildman–Crippen LogP) is 2.92. The molecule has 7 heteroatoms. The van der Waals surface area contributed by atoms with Crippen molar-refractivity contribution in [2.24, 2.45) is 11.7 Å². The minimum Gasteiger partial charge on any atom is -0.326 e. The summed E-state index contributed by atoms with van der Waals surface area (Å²) >= 11 is 12.0. The molecule has 0 aromatic heterocycles. The van der Waals surface area contributed by atoms with Crippen LogP contribution in [0.1, 0.15) is 31.7 Å². The molecule has 1 aliphatic carbocycles. The number of rotatable bonds is 6. The van der Waals surface area contributed by atoms with E-state index >= 15 is 0 Å². The molecule has 0 aliphatic heterocycles. The largest absolute Gasteiger partial charge is 0.326 e. The summed E-state index contributed by atoms with van der Waals surface area (Å²) in [5.41, 5.74) is 6.07. The van der Waals surface area contributed by atoms with Gasteiger partial charge in [-0.15, -0.1) is 0 Å². The third-order valence-electron chi connectivity index (χ3n) is 3.33. The van der Waals surface area contributed by atoms with Gasteiger partial charge in [-0.1, -0.05) is 36.0 Å². The first kappa shape index (κ1) is 16.0. The van der Waals surface area contributed by atoms with Crippen molar-refractivity contribution in [3.8, 4) is 0 Å². The number of nitrogens with one attached hydrogen (secondary N) is 1. The molecule has 0 saturated heterocycles. The summed E-state index contributed by atoms with van der Waals surface area (Å²) in [6, 6.07) is 2.81. The van der Waals surface area contributed by atoms with Gasteiger partial charge in [0.2, 0.25) is 10.0 Å². The van der Waals surface area contributed by atoms with Gasteiger partial charge in [-0.3, -0.25) is 0 Å². The number of hydrogen-bond donors (Lipinski definition) is 2. The van der Waals surface area contributed by atoms with Crippen LogP contribution in [0.4, 0.5) is 0 Å². The molecule has 1 aromatic rings. The molecule has 0 bridgehead atoms. The molecule has 1 atom stereocenters. The van der Waals surface area contributed by atoms with Gasteiger partial charge >= 0.3 is 0 Å². The van der Waals surface area contributed by atoms with Gasteiger partial charge in [-0.25, -0.2) is 13.1 Å². The smallest absolute Gasteiger partial charge is 0.242 e. The van der Waals surface area contributed by atoms with E-state index in [0.717, 1.165) is 6.42 Å². The van der Waals surface area contributed by atoms with Gasteiger partial charge in [0, 0.05) is 17.6 Å². The van der Waals surface area contributed by atoms with Crippen molar-refractivity contribution in [2.75, 3.05) is 0 Å². The quantitative estimate of drug-likeness (QED) is 0.838. The SMILES string of the molecule is CC(CC1CC1)NS(=O)(=O)c1cc(Cl)cc(CN)c1Cl. The zero-order valence-electron chi connectivity index (χ0n) is 11.2. The van der Waals surface area contributed by atoms with Crippen molar-refractivity contribution in [2.45, 2.75) is 43.7 Å². The zero-order chi connectivity index (χ0) is 14.9. The van der Waals surface area contributed by atoms with Crippen LogP contribution in [0.15, 0.2) is 17.0 Å². The van der Waals surface area contributed by atoms with E-state index in [2.05, 4.69) is 4.72 Å². The molecule has 1 saturated carbocycles. The Morgan fingerprint density at radius 3 is 2.60 bits per heavy atom. The number of halogens is 2. The average Bonchev–Trinajstić information content (AvgIpc) is 3.14. The number of hydrogen-bond acceptors (Lipinski definition) is 3. The van der Waals surface area contributed by atoms with E-state index in [4.69, 9.17) is 28.9 Å². The summed E-state index contributed by atoms with van der Waals surface area (Å²) in [6.45, 7) is 2.00. The Morgan fingerprint density at radius 2 is 2.05 bits per heavy atom. The van der Waals surface area contributed by atoms with Gasteiger partial charge in [0.1, 0.15) is 4.90 Å². The van der Waals surface area contributed by atoms with Crippen molar-refractivity contribution in [1.29, 1.82) is 0 Å². The number of nitrogens with two attached hydrogens (primary N) is 1. The van der Waals surface area contributed by atoms with E-state index in [1.54, 1.807) is 6.07 Å². The molecule has 2 rings (SSSR count). The maximum atomic E-state index is 12.4. The van der Waals surface area contributed by atoms with Crippen LogP contribution in [0.2, 0.25) is 10.0 Å². The Balaban J connectivity index is 2.25. The zero-order valence-corrected chi connectivity index (χ0v) is 13.5. The standard InChI is InChI=1S/C13H18Cl2N2O2S/c1-8(4-9-2-3-9)17-20(18,19)12-6-11(14)5-10(7-16)13(12)15/h5-6,8-9,17H,2-4,7,16H2,1H3. The molecule has 112 valence electrons. The lowest BCUT2D eigenvalue weighted by Crippen LogP contribution is -2.33. The topological polar surface area (TPSA) is 72.2 Å². The van der Waals surface area contributed by atoms with Gasteiger partial charge < -0.3 is 5.73 Å². The fourth-order valence-electron chi connectivity index (χ4n) is 2.19. The lowest BCUT2D eigenvalue weighted by molar-refractivity contribution is 0.530. The van der Waals surface area contributed by atoms with Crippen LogP contribution in [0.25, 0.3) is 0 Å². The molecule has 1 aromatic carbocycles. The molecule has 0 heterocycles. The van der Waals surface area contributed by atoms with Crippen LogP contribution < -0.4 is 10.5 Å². The van der Waals surface area contributed by atoms with E-state index in [0.29, 0.717) is 16.5 Å². The summed E-state index contributed by atoms with van der Waals surface area (Å²) in [6.07, 6.45) is 3.21. The maximum absolute atomic E-state index is 12.4. The summed E-state index contributed by atoms with van der Waals surface area (Å²) in [5.74, 6) is 0.641. The van der Waals surface area contributed by atoms with E-state index in [-0.39, 0.29) is 22.5 Å². The molecule has 0 radical (unpaired) electrons. The van der Waals surface area contributed by atoms with Gasteiger partial charge in [0.15, 0.2) is 0 Å². The summed E-state index contributed by atoms with van der Waals surface area (Å²) in [7, 11) is -3.69. The highest BCUT2D eigenvalue weighted by Gasteiger charge is 2.27. The highest BCUT2D eigenvalue weighted by atomic mass is 35.5. The highest BCUT2D eigenvalue weighted by Crippen LogP contribution is 2.34. The van der Waals surface area contributed by atoms with Crippen LogP contribution in [0.5, 0.6) is 0 Å². The molecule has 1 aliphatic rings. The average molecular weight is 337 g/mol. The van der Waals surface area contributed by atoms with Crippen molar-refractivity contribution in [3.63, 3.8) is 0 Å². The van der Waals surface area contributed by atoms with Crippen LogP contribution >= 0.6 is 23.2 Å². The van der Waals surface area contributed by atoms with Crippen molar-refractivity contribution in [1.82, 2.24) is 4.72 Å². The van der Waals surface area contributed by atoms with Gasteiger partial charge in [-0.05, 0) is 37.0 Å². The summed E-state index contributed by atoms with van der Waals surface area (Å²) in [4.78, 5) is -0.00485. The second-order valence-electron chi connectivity index (χ2n) is 5.28. The monoisotopic (exact) mass is 336 g/mol. The molecular weight excluding hydrogens is 319 g/mol. The Bertz CT molecular complexity index is 601. The van der Waals surface area contributed by atoms with Crippen LogP contribution in [-0.2, 0) is 16.6 Å². The number of sulfonamides is 1. The van der Waals surface area contributed by atoms with Gasteiger partial charge in [-0.2, -0.15) is 0 Å².